The number of alkyl carbamates (subject to hydrolysis) is 1. The molecule has 3 amide bonds. The highest BCUT2D eigenvalue weighted by Crippen LogP contribution is 2.33. The van der Waals surface area contributed by atoms with Gasteiger partial charge >= 0.3 is 12.1 Å². The molecule has 1 aromatic carbocycles. The number of halogens is 1. The number of nitrogens with one attached hydrogen (secondary N) is 1. The monoisotopic (exact) mass is 351 g/mol. The summed E-state index contributed by atoms with van der Waals surface area (Å²) in [6, 6.07) is 3.54. The molecule has 6 nitrogen and oxygen atoms in total. The third-order valence-corrected chi connectivity index (χ3v) is 4.53. The fourth-order valence-electron chi connectivity index (χ4n) is 3.19. The largest absolute Gasteiger partial charge is 0.450 e. The predicted octanol–water partition coefficient (Wildman–Crippen LogP) is 3.24. The molecule has 1 aliphatic rings. The molecule has 0 aliphatic carbocycles. The zero-order chi connectivity index (χ0) is 18.4. The minimum atomic E-state index is -0.516. The van der Waals surface area contributed by atoms with Crippen molar-refractivity contribution >= 4 is 12.1 Å². The van der Waals surface area contributed by atoms with Gasteiger partial charge in [-0.2, -0.15) is 0 Å². The highest BCUT2D eigenvalue weighted by Gasteiger charge is 2.33. The van der Waals surface area contributed by atoms with Crippen LogP contribution in [0.15, 0.2) is 18.2 Å². The number of ether oxygens (including phenoxy) is 1. The summed E-state index contributed by atoms with van der Waals surface area (Å²) < 4.78 is 18.5. The van der Waals surface area contributed by atoms with Crippen LogP contribution in [0.1, 0.15) is 49.8 Å². The Morgan fingerprint density at radius 2 is 2.20 bits per heavy atom. The van der Waals surface area contributed by atoms with Crippen LogP contribution in [0.3, 0.4) is 0 Å². The van der Waals surface area contributed by atoms with Gasteiger partial charge in [-0.25, -0.2) is 14.0 Å². The van der Waals surface area contributed by atoms with Crippen molar-refractivity contribution in [3.05, 3.63) is 35.1 Å². The maximum absolute atomic E-state index is 13.4. The first-order valence-corrected chi connectivity index (χ1v) is 8.67. The van der Waals surface area contributed by atoms with Crippen molar-refractivity contribution in [2.45, 2.75) is 51.6 Å². The van der Waals surface area contributed by atoms with Crippen LogP contribution >= 0.6 is 0 Å². The van der Waals surface area contributed by atoms with Crippen molar-refractivity contribution in [1.29, 1.82) is 0 Å². The Labute approximate surface area is 147 Å². The first-order chi connectivity index (χ1) is 11.9. The van der Waals surface area contributed by atoms with E-state index in [2.05, 4.69) is 5.32 Å². The van der Waals surface area contributed by atoms with Crippen LogP contribution in [0.25, 0.3) is 0 Å². The molecule has 1 aliphatic heterocycles. The molecule has 1 fully saturated rings. The lowest BCUT2D eigenvalue weighted by Crippen LogP contribution is -2.50. The van der Waals surface area contributed by atoms with Gasteiger partial charge in [0.25, 0.3) is 0 Å². The number of urea groups is 1. The topological polar surface area (TPSA) is 84.7 Å². The summed E-state index contributed by atoms with van der Waals surface area (Å²) in [5.41, 5.74) is 7.09. The lowest BCUT2D eigenvalue weighted by Gasteiger charge is -2.39. The number of nitrogens with zero attached hydrogens (tertiary/aromatic N) is 1. The molecular formula is C18H26FN3O3. The average Bonchev–Trinajstić information content (AvgIpc) is 2.55. The van der Waals surface area contributed by atoms with Gasteiger partial charge in [0, 0.05) is 12.6 Å². The summed E-state index contributed by atoms with van der Waals surface area (Å²) in [5, 5.41) is 2.85. The Bertz CT molecular complexity index is 624. The van der Waals surface area contributed by atoms with Gasteiger partial charge in [-0.15, -0.1) is 0 Å². The van der Waals surface area contributed by atoms with Crippen LogP contribution in [0.4, 0.5) is 14.0 Å². The molecule has 2 unspecified atom stereocenters. The smallest absolute Gasteiger partial charge is 0.407 e. The minimum absolute atomic E-state index is 0.126. The van der Waals surface area contributed by atoms with Gasteiger partial charge in [-0.3, -0.25) is 0 Å². The van der Waals surface area contributed by atoms with E-state index in [-0.39, 0.29) is 17.9 Å². The third-order valence-electron chi connectivity index (χ3n) is 4.53. The molecule has 1 heterocycles. The lowest BCUT2D eigenvalue weighted by atomic mass is 9.89. The Hall–Kier alpha value is -2.31. The number of aryl methyl sites for hydroxylation is 1. The van der Waals surface area contributed by atoms with Crippen LogP contribution < -0.4 is 11.1 Å². The fraction of sp³-hybridized carbons (Fsp3) is 0.556. The average molecular weight is 351 g/mol. The maximum atomic E-state index is 13.4. The number of likely N-dealkylation sites (tertiary alicyclic amines) is 1. The van der Waals surface area contributed by atoms with E-state index in [9.17, 15) is 14.0 Å². The van der Waals surface area contributed by atoms with Crippen LogP contribution in [-0.2, 0) is 4.74 Å². The summed E-state index contributed by atoms with van der Waals surface area (Å²) in [6.45, 7) is 4.64. The van der Waals surface area contributed by atoms with E-state index in [1.54, 1.807) is 17.9 Å². The highest BCUT2D eigenvalue weighted by atomic mass is 19.1. The fourth-order valence-corrected chi connectivity index (χ4v) is 3.19. The molecule has 0 bridgehead atoms. The second kappa shape index (κ2) is 8.69. The first kappa shape index (κ1) is 19.0. The summed E-state index contributed by atoms with van der Waals surface area (Å²) in [7, 11) is 0. The van der Waals surface area contributed by atoms with E-state index in [0.29, 0.717) is 26.0 Å². The number of piperidine rings is 1. The minimum Gasteiger partial charge on any atom is -0.450 e. The van der Waals surface area contributed by atoms with Gasteiger partial charge in [-0.1, -0.05) is 19.4 Å². The molecule has 0 saturated carbocycles. The molecule has 1 aromatic rings. The van der Waals surface area contributed by atoms with Gasteiger partial charge in [0.2, 0.25) is 0 Å². The Balaban J connectivity index is 2.08. The number of nitrogens with two attached hydrogens (primary N) is 1. The van der Waals surface area contributed by atoms with E-state index in [0.717, 1.165) is 24.0 Å². The van der Waals surface area contributed by atoms with Crippen molar-refractivity contribution < 1.29 is 18.7 Å². The molecule has 2 atom stereocenters. The molecular weight excluding hydrogens is 325 g/mol. The van der Waals surface area contributed by atoms with Gasteiger partial charge < -0.3 is 20.7 Å². The van der Waals surface area contributed by atoms with E-state index >= 15 is 0 Å². The van der Waals surface area contributed by atoms with E-state index < -0.39 is 12.1 Å². The number of rotatable bonds is 5. The Kier molecular flexibility index (Phi) is 6.61. The first-order valence-electron chi connectivity index (χ1n) is 8.67. The summed E-state index contributed by atoms with van der Waals surface area (Å²) in [5.74, 6) is -0.322. The third kappa shape index (κ3) is 5.08. The van der Waals surface area contributed by atoms with Crippen LogP contribution in [-0.4, -0.2) is 36.2 Å². The van der Waals surface area contributed by atoms with E-state index in [1.807, 2.05) is 6.92 Å². The van der Waals surface area contributed by atoms with Crippen molar-refractivity contribution in [1.82, 2.24) is 10.2 Å². The van der Waals surface area contributed by atoms with Gasteiger partial charge in [-0.05, 0) is 49.4 Å². The van der Waals surface area contributed by atoms with Gasteiger partial charge in [0.15, 0.2) is 0 Å². The second-order valence-electron chi connectivity index (χ2n) is 6.40. The van der Waals surface area contributed by atoms with Crippen LogP contribution in [0.5, 0.6) is 0 Å². The maximum Gasteiger partial charge on any atom is 0.407 e. The number of hydrogen-bond donors (Lipinski definition) is 2. The number of benzene rings is 1. The molecule has 1 saturated heterocycles. The van der Waals surface area contributed by atoms with Crippen molar-refractivity contribution in [2.24, 2.45) is 5.73 Å². The molecule has 0 aromatic heterocycles. The standard InChI is InChI=1S/C18H26FN3O3/c1-3-4-9-25-18(24)21-14-7-8-22(17(20)23)16(11-14)15-6-5-13(19)10-12(15)2/h5-6,10,14,16H,3-4,7-9,11H2,1-2H3,(H2,20,23)(H,21,24). The zero-order valence-corrected chi connectivity index (χ0v) is 14.8. The zero-order valence-electron chi connectivity index (χ0n) is 14.8. The van der Waals surface area contributed by atoms with Crippen LogP contribution in [0.2, 0.25) is 0 Å². The van der Waals surface area contributed by atoms with Crippen molar-refractivity contribution in [3.63, 3.8) is 0 Å². The molecule has 0 spiro atoms. The molecule has 138 valence electrons. The van der Waals surface area contributed by atoms with Gasteiger partial charge in [0.05, 0.1) is 12.6 Å². The predicted molar refractivity (Wildman–Crippen MR) is 92.6 cm³/mol. The van der Waals surface area contributed by atoms with E-state index in [1.165, 1.54) is 12.1 Å². The molecule has 7 heteroatoms. The summed E-state index contributed by atoms with van der Waals surface area (Å²) in [6.07, 6.45) is 2.45. The normalized spacial score (nSPS) is 20.2. The Morgan fingerprint density at radius 1 is 1.44 bits per heavy atom. The molecule has 2 rings (SSSR count). The summed E-state index contributed by atoms with van der Waals surface area (Å²) in [4.78, 5) is 25.2. The number of unbranched alkanes of at least 4 members (excludes halogenated alkanes) is 1. The number of hydrogen-bond acceptors (Lipinski definition) is 3. The van der Waals surface area contributed by atoms with Gasteiger partial charge in [0.1, 0.15) is 5.82 Å². The van der Waals surface area contributed by atoms with Crippen molar-refractivity contribution in [3.8, 4) is 0 Å². The number of carbonyl (C=O) groups is 2. The second-order valence-corrected chi connectivity index (χ2v) is 6.40. The molecule has 3 N–H and O–H groups in total. The van der Waals surface area contributed by atoms with E-state index in [4.69, 9.17) is 10.5 Å². The van der Waals surface area contributed by atoms with Crippen molar-refractivity contribution in [2.75, 3.05) is 13.2 Å². The number of carbonyl (C=O) groups excluding carboxylic acids is 2. The molecule has 25 heavy (non-hydrogen) atoms. The van der Waals surface area contributed by atoms with Crippen LogP contribution in [0, 0.1) is 12.7 Å². The SMILES string of the molecule is CCCCOC(=O)NC1CCN(C(N)=O)C(c2ccc(F)cc2C)C1. The highest BCUT2D eigenvalue weighted by molar-refractivity contribution is 5.73. The Morgan fingerprint density at radius 3 is 2.84 bits per heavy atom. The number of primary amides is 1. The summed E-state index contributed by atoms with van der Waals surface area (Å²) >= 11 is 0. The molecule has 0 radical (unpaired) electrons. The number of amides is 3. The lowest BCUT2D eigenvalue weighted by molar-refractivity contribution is 0.120. The quantitative estimate of drug-likeness (QED) is 0.799.